The molecule has 0 saturated heterocycles. The van der Waals surface area contributed by atoms with Gasteiger partial charge in [0.2, 0.25) is 0 Å². The summed E-state index contributed by atoms with van der Waals surface area (Å²) in [6, 6.07) is 12.4. The van der Waals surface area contributed by atoms with Gasteiger partial charge in [0, 0.05) is 5.39 Å². The maximum absolute atomic E-state index is 12.7. The number of hydrogen-bond donors (Lipinski definition) is 4. The molecule has 144 valence electrons. The van der Waals surface area contributed by atoms with Gasteiger partial charge in [-0.1, -0.05) is 37.5 Å². The van der Waals surface area contributed by atoms with Gasteiger partial charge in [-0.3, -0.25) is 9.59 Å². The SMILES string of the molecule is Nc1cc(C2CCCCC2)ccc1NC(=O)c1c(O)c2ccccc2[nH]c1=O. The predicted molar refractivity (Wildman–Crippen MR) is 111 cm³/mol. The van der Waals surface area contributed by atoms with Gasteiger partial charge in [-0.15, -0.1) is 0 Å². The summed E-state index contributed by atoms with van der Waals surface area (Å²) < 4.78 is 0. The van der Waals surface area contributed by atoms with E-state index >= 15 is 0 Å². The number of nitrogens with two attached hydrogens (primary N) is 1. The van der Waals surface area contributed by atoms with Gasteiger partial charge in [0.15, 0.2) is 0 Å². The fourth-order valence-corrected chi connectivity index (χ4v) is 4.01. The predicted octanol–water partition coefficient (Wildman–Crippen LogP) is 4.12. The number of amides is 1. The second-order valence-electron chi connectivity index (χ2n) is 7.36. The van der Waals surface area contributed by atoms with Crippen LogP contribution in [0.15, 0.2) is 47.3 Å². The normalized spacial score (nSPS) is 14.9. The number of aromatic amines is 1. The van der Waals surface area contributed by atoms with Gasteiger partial charge in [0.1, 0.15) is 11.3 Å². The van der Waals surface area contributed by atoms with Crippen LogP contribution in [0.3, 0.4) is 0 Å². The molecule has 0 bridgehead atoms. The van der Waals surface area contributed by atoms with Crippen LogP contribution in [0.2, 0.25) is 0 Å². The van der Waals surface area contributed by atoms with Crippen LogP contribution in [-0.4, -0.2) is 16.0 Å². The van der Waals surface area contributed by atoms with Gasteiger partial charge in [-0.2, -0.15) is 0 Å². The van der Waals surface area contributed by atoms with Crippen molar-refractivity contribution in [3.63, 3.8) is 0 Å². The fraction of sp³-hybridized carbons (Fsp3) is 0.273. The Kier molecular flexibility index (Phi) is 4.77. The Balaban J connectivity index is 1.62. The Labute approximate surface area is 162 Å². The smallest absolute Gasteiger partial charge is 0.265 e. The van der Waals surface area contributed by atoms with E-state index in [0.717, 1.165) is 12.8 Å². The molecule has 0 unspecified atom stereocenters. The molecule has 0 aliphatic heterocycles. The summed E-state index contributed by atoms with van der Waals surface area (Å²) >= 11 is 0. The lowest BCUT2D eigenvalue weighted by molar-refractivity contribution is 0.102. The molecule has 6 nitrogen and oxygen atoms in total. The zero-order valence-electron chi connectivity index (χ0n) is 15.5. The molecule has 1 aromatic heterocycles. The van der Waals surface area contributed by atoms with Crippen molar-refractivity contribution in [1.82, 2.24) is 4.98 Å². The molecule has 0 radical (unpaired) electrons. The summed E-state index contributed by atoms with van der Waals surface area (Å²) in [6.45, 7) is 0. The summed E-state index contributed by atoms with van der Waals surface area (Å²) in [6.07, 6.45) is 6.06. The quantitative estimate of drug-likeness (QED) is 0.515. The van der Waals surface area contributed by atoms with Crippen LogP contribution in [0.25, 0.3) is 10.9 Å². The molecule has 1 saturated carbocycles. The molecule has 1 fully saturated rings. The van der Waals surface area contributed by atoms with E-state index in [4.69, 9.17) is 5.73 Å². The highest BCUT2D eigenvalue weighted by Crippen LogP contribution is 2.35. The molecule has 0 atom stereocenters. The number of anilines is 2. The third-order valence-corrected chi connectivity index (χ3v) is 5.52. The number of nitrogen functional groups attached to an aromatic ring is 1. The average Bonchev–Trinajstić information content (AvgIpc) is 2.70. The van der Waals surface area contributed by atoms with Crippen molar-refractivity contribution in [3.8, 4) is 5.75 Å². The average molecular weight is 377 g/mol. The molecule has 1 heterocycles. The van der Waals surface area contributed by atoms with Crippen LogP contribution in [0.4, 0.5) is 11.4 Å². The zero-order chi connectivity index (χ0) is 19.7. The Morgan fingerprint density at radius 1 is 1.11 bits per heavy atom. The van der Waals surface area contributed by atoms with Crippen molar-refractivity contribution in [2.45, 2.75) is 38.0 Å². The number of pyridine rings is 1. The van der Waals surface area contributed by atoms with E-state index in [9.17, 15) is 14.7 Å². The number of nitrogens with one attached hydrogen (secondary N) is 2. The minimum atomic E-state index is -0.693. The van der Waals surface area contributed by atoms with Gasteiger partial charge in [0.05, 0.1) is 16.9 Å². The fourth-order valence-electron chi connectivity index (χ4n) is 4.01. The number of fused-ring (bicyclic) bond motifs is 1. The summed E-state index contributed by atoms with van der Waals surface area (Å²) in [5, 5.41) is 13.5. The first kappa shape index (κ1) is 18.1. The van der Waals surface area contributed by atoms with E-state index in [0.29, 0.717) is 28.2 Å². The minimum absolute atomic E-state index is 0.325. The van der Waals surface area contributed by atoms with Gasteiger partial charge in [0.25, 0.3) is 11.5 Å². The third kappa shape index (κ3) is 3.33. The van der Waals surface area contributed by atoms with E-state index < -0.39 is 11.5 Å². The van der Waals surface area contributed by atoms with Crippen molar-refractivity contribution < 1.29 is 9.90 Å². The number of H-pyrrole nitrogens is 1. The van der Waals surface area contributed by atoms with Crippen molar-refractivity contribution >= 4 is 28.2 Å². The van der Waals surface area contributed by atoms with Gasteiger partial charge in [-0.05, 0) is 48.6 Å². The van der Waals surface area contributed by atoms with Crippen molar-refractivity contribution in [3.05, 3.63) is 63.9 Å². The molecule has 1 amide bonds. The first-order chi connectivity index (χ1) is 13.5. The second-order valence-corrected chi connectivity index (χ2v) is 7.36. The highest BCUT2D eigenvalue weighted by Gasteiger charge is 2.21. The van der Waals surface area contributed by atoms with Crippen LogP contribution < -0.4 is 16.6 Å². The van der Waals surface area contributed by atoms with Gasteiger partial charge >= 0.3 is 0 Å². The maximum Gasteiger partial charge on any atom is 0.265 e. The Hall–Kier alpha value is -3.28. The van der Waals surface area contributed by atoms with Crippen LogP contribution in [0.5, 0.6) is 5.75 Å². The van der Waals surface area contributed by atoms with E-state index in [1.54, 1.807) is 30.3 Å². The number of hydrogen-bond acceptors (Lipinski definition) is 4. The first-order valence-corrected chi connectivity index (χ1v) is 9.59. The molecule has 3 aromatic rings. The summed E-state index contributed by atoms with van der Waals surface area (Å²) in [5.41, 5.74) is 7.72. The Bertz CT molecular complexity index is 1100. The Morgan fingerprint density at radius 3 is 2.61 bits per heavy atom. The second kappa shape index (κ2) is 7.38. The Morgan fingerprint density at radius 2 is 1.86 bits per heavy atom. The molecule has 1 aliphatic rings. The monoisotopic (exact) mass is 377 g/mol. The lowest BCUT2D eigenvalue weighted by Gasteiger charge is -2.22. The highest BCUT2D eigenvalue weighted by molar-refractivity contribution is 6.09. The number of para-hydroxylation sites is 1. The molecular weight excluding hydrogens is 354 g/mol. The molecular formula is C22H23N3O3. The molecule has 28 heavy (non-hydrogen) atoms. The minimum Gasteiger partial charge on any atom is -0.506 e. The number of carbonyl (C=O) groups is 1. The molecule has 1 aliphatic carbocycles. The molecule has 6 heteroatoms. The maximum atomic E-state index is 12.7. The lowest BCUT2D eigenvalue weighted by Crippen LogP contribution is -2.24. The highest BCUT2D eigenvalue weighted by atomic mass is 16.3. The van der Waals surface area contributed by atoms with Gasteiger partial charge < -0.3 is 21.1 Å². The van der Waals surface area contributed by atoms with E-state index in [2.05, 4.69) is 10.3 Å². The van der Waals surface area contributed by atoms with E-state index in [-0.39, 0.29) is 11.3 Å². The topological polar surface area (TPSA) is 108 Å². The largest absolute Gasteiger partial charge is 0.506 e. The van der Waals surface area contributed by atoms with Crippen LogP contribution in [0, 0.1) is 0 Å². The zero-order valence-corrected chi connectivity index (χ0v) is 15.5. The van der Waals surface area contributed by atoms with Crippen molar-refractivity contribution in [1.29, 1.82) is 0 Å². The van der Waals surface area contributed by atoms with E-state index in [1.807, 2.05) is 12.1 Å². The summed E-state index contributed by atoms with van der Waals surface area (Å²) in [7, 11) is 0. The van der Waals surface area contributed by atoms with Crippen molar-refractivity contribution in [2.75, 3.05) is 11.1 Å². The number of aromatic nitrogens is 1. The van der Waals surface area contributed by atoms with Gasteiger partial charge in [-0.25, -0.2) is 0 Å². The third-order valence-electron chi connectivity index (χ3n) is 5.52. The molecule has 4 rings (SSSR count). The number of rotatable bonds is 3. The van der Waals surface area contributed by atoms with Crippen molar-refractivity contribution in [2.24, 2.45) is 0 Å². The summed E-state index contributed by atoms with van der Waals surface area (Å²) in [4.78, 5) is 27.6. The standard InChI is InChI=1S/C22H23N3O3/c23-16-12-14(13-6-2-1-3-7-13)10-11-18(16)25-22(28)19-20(26)15-8-4-5-9-17(15)24-21(19)27/h4-5,8-13H,1-3,6-7,23H2,(H,25,28)(H2,24,26,27). The lowest BCUT2D eigenvalue weighted by atomic mass is 9.84. The van der Waals surface area contributed by atoms with Crippen LogP contribution >= 0.6 is 0 Å². The van der Waals surface area contributed by atoms with Crippen LogP contribution in [0.1, 0.15) is 53.9 Å². The molecule has 0 spiro atoms. The number of benzene rings is 2. The van der Waals surface area contributed by atoms with E-state index in [1.165, 1.54) is 24.8 Å². The number of aromatic hydroxyl groups is 1. The summed E-state index contributed by atoms with van der Waals surface area (Å²) in [5.74, 6) is -0.524. The van der Waals surface area contributed by atoms with Crippen LogP contribution in [-0.2, 0) is 0 Å². The number of carbonyl (C=O) groups excluding carboxylic acids is 1. The molecule has 2 aromatic carbocycles. The first-order valence-electron chi connectivity index (χ1n) is 9.59. The molecule has 5 N–H and O–H groups in total.